The molecule has 2 aliphatic heterocycles. The Balaban J connectivity index is 1.94. The smallest absolute Gasteiger partial charge is 0.320 e. The highest BCUT2D eigenvalue weighted by Gasteiger charge is 2.33. The van der Waals surface area contributed by atoms with Crippen LogP contribution in [0, 0.1) is 0 Å². The van der Waals surface area contributed by atoms with E-state index in [1.807, 2.05) is 4.90 Å². The second-order valence-electron chi connectivity index (χ2n) is 8.26. The Morgan fingerprint density at radius 3 is 2.30 bits per heavy atom. The first-order valence-corrected chi connectivity index (χ1v) is 9.87. The molecule has 10 nitrogen and oxygen atoms in total. The van der Waals surface area contributed by atoms with Gasteiger partial charge in [0, 0.05) is 51.7 Å². The number of ether oxygens (including phenoxy) is 2. The lowest BCUT2D eigenvalue weighted by molar-refractivity contribution is -0.158. The predicted molar refractivity (Wildman–Crippen MR) is 105 cm³/mol. The predicted octanol–water partition coefficient (Wildman–Crippen LogP) is -0.281. The van der Waals surface area contributed by atoms with Gasteiger partial charge in [-0.25, -0.2) is 0 Å². The van der Waals surface area contributed by atoms with Gasteiger partial charge in [0.2, 0.25) is 5.91 Å². The van der Waals surface area contributed by atoms with Crippen molar-refractivity contribution in [2.24, 2.45) is 0 Å². The monoisotopic (exact) mass is 423 g/mol. The highest BCUT2D eigenvalue weighted by molar-refractivity contribution is 6.13. The first-order valence-electron chi connectivity index (χ1n) is 9.87. The van der Waals surface area contributed by atoms with Crippen LogP contribution in [0.25, 0.3) is 0 Å². The molecule has 0 saturated carbocycles. The number of hydrogen-bond acceptors (Lipinski definition) is 8. The fraction of sp³-hybridized carbons (Fsp3) is 0.650. The molecule has 2 aliphatic rings. The molecule has 0 aromatic heterocycles. The summed E-state index contributed by atoms with van der Waals surface area (Å²) in [6.07, 6.45) is 2.36. The van der Waals surface area contributed by atoms with Gasteiger partial charge in [0.05, 0.1) is 12.6 Å². The summed E-state index contributed by atoms with van der Waals surface area (Å²) in [5.74, 6) is -1.92. The second kappa shape index (κ2) is 9.84. The number of esters is 2. The van der Waals surface area contributed by atoms with E-state index in [-0.39, 0.29) is 44.6 Å². The zero-order valence-corrected chi connectivity index (χ0v) is 17.9. The zero-order valence-electron chi connectivity index (χ0n) is 17.9. The Hall–Kier alpha value is -2.75. The van der Waals surface area contributed by atoms with E-state index >= 15 is 0 Å². The van der Waals surface area contributed by atoms with Crippen molar-refractivity contribution in [2.45, 2.75) is 45.8 Å². The molecule has 1 unspecified atom stereocenters. The van der Waals surface area contributed by atoms with Crippen LogP contribution in [-0.4, -0.2) is 95.3 Å². The zero-order chi connectivity index (χ0) is 22.5. The third kappa shape index (κ3) is 6.94. The fourth-order valence-electron chi connectivity index (χ4n) is 3.26. The lowest BCUT2D eigenvalue weighted by Gasteiger charge is -2.41. The minimum absolute atomic E-state index is 0.00547. The molecule has 166 valence electrons. The van der Waals surface area contributed by atoms with Crippen LogP contribution in [0.5, 0.6) is 0 Å². The molecule has 0 aliphatic carbocycles. The van der Waals surface area contributed by atoms with Crippen molar-refractivity contribution in [2.75, 3.05) is 39.3 Å². The fourth-order valence-corrected chi connectivity index (χ4v) is 3.26. The quantitative estimate of drug-likeness (QED) is 0.406. The number of nitrogens with zero attached hydrogens (tertiary/aromatic N) is 3. The van der Waals surface area contributed by atoms with Crippen molar-refractivity contribution in [3.63, 3.8) is 0 Å². The molecule has 0 N–H and O–H groups in total. The molecule has 3 amide bonds. The normalized spacial score (nSPS) is 19.9. The van der Waals surface area contributed by atoms with Crippen molar-refractivity contribution in [3.8, 4) is 0 Å². The van der Waals surface area contributed by atoms with Crippen LogP contribution < -0.4 is 0 Å². The Bertz CT molecular complexity index is 723. The number of imide groups is 1. The van der Waals surface area contributed by atoms with Crippen LogP contribution in [0.2, 0.25) is 0 Å². The van der Waals surface area contributed by atoms with Gasteiger partial charge in [-0.05, 0) is 20.8 Å². The Morgan fingerprint density at radius 2 is 1.73 bits per heavy atom. The number of hydrogen-bond donors (Lipinski definition) is 0. The van der Waals surface area contributed by atoms with Gasteiger partial charge < -0.3 is 14.4 Å². The summed E-state index contributed by atoms with van der Waals surface area (Å²) in [4.78, 5) is 63.7. The third-order valence-electron chi connectivity index (χ3n) is 4.64. The topological polar surface area (TPSA) is 114 Å². The van der Waals surface area contributed by atoms with Gasteiger partial charge in [0.25, 0.3) is 11.8 Å². The number of amides is 3. The maximum absolute atomic E-state index is 12.6. The maximum Gasteiger partial charge on any atom is 0.320 e. The van der Waals surface area contributed by atoms with Crippen LogP contribution in [-0.2, 0) is 33.4 Å². The van der Waals surface area contributed by atoms with E-state index in [1.54, 1.807) is 25.7 Å². The molecule has 0 spiro atoms. The van der Waals surface area contributed by atoms with Gasteiger partial charge in [0.15, 0.2) is 0 Å². The molecule has 0 aromatic rings. The summed E-state index contributed by atoms with van der Waals surface area (Å²) in [5, 5.41) is 0. The molecule has 30 heavy (non-hydrogen) atoms. The van der Waals surface area contributed by atoms with E-state index < -0.39 is 29.4 Å². The summed E-state index contributed by atoms with van der Waals surface area (Å²) < 4.78 is 10.5. The number of carbonyl (C=O) groups excluding carboxylic acids is 5. The standard InChI is InChI=1S/C20H29N3O7/c1-14(24)29-13-15-11-22(10-9-21(15)12-19(28)30-20(2,3)4)16(25)7-8-23-17(26)5-6-18(23)27/h5-6,15H,7-13H2,1-4H3. The van der Waals surface area contributed by atoms with Crippen molar-refractivity contribution in [1.29, 1.82) is 0 Å². The largest absolute Gasteiger partial charge is 0.464 e. The van der Waals surface area contributed by atoms with E-state index in [0.29, 0.717) is 13.1 Å². The molecule has 1 fully saturated rings. The SMILES string of the molecule is CC(=O)OCC1CN(C(=O)CCN2C(=O)C=CC2=O)CCN1CC(=O)OC(C)(C)C. The lowest BCUT2D eigenvalue weighted by atomic mass is 10.1. The van der Waals surface area contributed by atoms with Crippen molar-refractivity contribution >= 4 is 29.7 Å². The Morgan fingerprint density at radius 1 is 1.10 bits per heavy atom. The molecule has 0 aromatic carbocycles. The van der Waals surface area contributed by atoms with E-state index in [9.17, 15) is 24.0 Å². The summed E-state index contributed by atoms with van der Waals surface area (Å²) in [6.45, 7) is 7.74. The molecule has 1 atom stereocenters. The number of rotatable bonds is 7. The van der Waals surface area contributed by atoms with Crippen LogP contribution >= 0.6 is 0 Å². The Kier molecular flexibility index (Phi) is 7.71. The van der Waals surface area contributed by atoms with Crippen LogP contribution in [0.4, 0.5) is 0 Å². The van der Waals surface area contributed by atoms with Crippen LogP contribution in [0.15, 0.2) is 12.2 Å². The maximum atomic E-state index is 12.6. The molecular weight excluding hydrogens is 394 g/mol. The van der Waals surface area contributed by atoms with E-state index in [4.69, 9.17) is 9.47 Å². The highest BCUT2D eigenvalue weighted by atomic mass is 16.6. The second-order valence-corrected chi connectivity index (χ2v) is 8.26. The molecule has 10 heteroatoms. The van der Waals surface area contributed by atoms with Gasteiger partial charge in [-0.15, -0.1) is 0 Å². The van der Waals surface area contributed by atoms with Crippen molar-refractivity contribution < 1.29 is 33.4 Å². The highest BCUT2D eigenvalue weighted by Crippen LogP contribution is 2.15. The third-order valence-corrected chi connectivity index (χ3v) is 4.64. The summed E-state index contributed by atoms with van der Waals surface area (Å²) >= 11 is 0. The molecule has 1 saturated heterocycles. The van der Waals surface area contributed by atoms with E-state index in [1.165, 1.54) is 19.1 Å². The van der Waals surface area contributed by atoms with Crippen molar-refractivity contribution in [1.82, 2.24) is 14.7 Å². The summed E-state index contributed by atoms with van der Waals surface area (Å²) in [6, 6.07) is -0.365. The molecule has 2 rings (SSSR count). The first-order chi connectivity index (χ1) is 14.0. The molecule has 2 heterocycles. The van der Waals surface area contributed by atoms with Crippen molar-refractivity contribution in [3.05, 3.63) is 12.2 Å². The Labute approximate surface area is 175 Å². The number of piperazine rings is 1. The summed E-state index contributed by atoms with van der Waals surface area (Å²) in [5.41, 5.74) is -0.612. The van der Waals surface area contributed by atoms with Gasteiger partial charge >= 0.3 is 11.9 Å². The van der Waals surface area contributed by atoms with Crippen LogP contribution in [0.3, 0.4) is 0 Å². The minimum Gasteiger partial charge on any atom is -0.464 e. The molecule has 0 radical (unpaired) electrons. The first kappa shape index (κ1) is 23.5. The van der Waals surface area contributed by atoms with Gasteiger partial charge in [-0.2, -0.15) is 0 Å². The van der Waals surface area contributed by atoms with E-state index in [2.05, 4.69) is 0 Å². The molecule has 0 bridgehead atoms. The summed E-state index contributed by atoms with van der Waals surface area (Å²) in [7, 11) is 0. The minimum atomic E-state index is -0.612. The van der Waals surface area contributed by atoms with Crippen LogP contribution in [0.1, 0.15) is 34.1 Å². The van der Waals surface area contributed by atoms with E-state index in [0.717, 1.165) is 4.90 Å². The van der Waals surface area contributed by atoms with Gasteiger partial charge in [-0.3, -0.25) is 33.8 Å². The average Bonchev–Trinajstić information content (AvgIpc) is 2.95. The lowest BCUT2D eigenvalue weighted by Crippen LogP contribution is -2.58. The van der Waals surface area contributed by atoms with Gasteiger partial charge in [0.1, 0.15) is 12.2 Å². The number of carbonyl (C=O) groups is 5. The average molecular weight is 423 g/mol. The van der Waals surface area contributed by atoms with Gasteiger partial charge in [-0.1, -0.05) is 0 Å². The molecular formula is C20H29N3O7.